The Morgan fingerprint density at radius 1 is 1.44 bits per heavy atom. The number of thiocarbonyl (C=S) groups is 1. The molecule has 1 aliphatic heterocycles. The lowest BCUT2D eigenvalue weighted by Crippen LogP contribution is -2.44. The Bertz CT molecular complexity index is 405. The van der Waals surface area contributed by atoms with Gasteiger partial charge in [0.05, 0.1) is 0 Å². The molecular formula is C14H19FN2S. The number of nitrogens with one attached hydrogen (secondary N) is 1. The molecule has 1 aromatic carbocycles. The highest BCUT2D eigenvalue weighted by molar-refractivity contribution is 7.80. The van der Waals surface area contributed by atoms with Crippen molar-refractivity contribution in [3.05, 3.63) is 35.6 Å². The van der Waals surface area contributed by atoms with Crippen LogP contribution in [0.5, 0.6) is 0 Å². The summed E-state index contributed by atoms with van der Waals surface area (Å²) in [5.41, 5.74) is 1.05. The average molecular weight is 266 g/mol. The first-order valence-electron chi connectivity index (χ1n) is 6.42. The maximum absolute atomic E-state index is 12.8. The van der Waals surface area contributed by atoms with Gasteiger partial charge in [0.25, 0.3) is 0 Å². The molecule has 1 aliphatic rings. The largest absolute Gasteiger partial charge is 0.358 e. The topological polar surface area (TPSA) is 15.3 Å². The molecule has 2 nitrogen and oxygen atoms in total. The molecule has 98 valence electrons. The number of hydrogen-bond donors (Lipinski definition) is 1. The second-order valence-electron chi connectivity index (χ2n) is 4.98. The fraction of sp³-hybridized carbons (Fsp3) is 0.500. The van der Waals surface area contributed by atoms with E-state index in [1.807, 2.05) is 0 Å². The Balaban J connectivity index is 1.82. The summed E-state index contributed by atoms with van der Waals surface area (Å²) >= 11 is 5.39. The van der Waals surface area contributed by atoms with Gasteiger partial charge in [-0.05, 0) is 48.7 Å². The number of likely N-dealkylation sites (tertiary alicyclic amines) is 1. The predicted octanol–water partition coefficient (Wildman–Crippen LogP) is 2.93. The van der Waals surface area contributed by atoms with Gasteiger partial charge in [-0.3, -0.25) is 0 Å². The SMILES string of the molecule is CC1CCCN(C(=S)NCc2ccc(F)cc2)C1. The molecule has 0 amide bonds. The van der Waals surface area contributed by atoms with Gasteiger partial charge in [-0.1, -0.05) is 19.1 Å². The van der Waals surface area contributed by atoms with Crippen LogP contribution in [0.3, 0.4) is 0 Å². The summed E-state index contributed by atoms with van der Waals surface area (Å²) in [6.07, 6.45) is 2.50. The van der Waals surface area contributed by atoms with Gasteiger partial charge < -0.3 is 10.2 Å². The minimum absolute atomic E-state index is 0.203. The minimum Gasteiger partial charge on any atom is -0.358 e. The number of hydrogen-bond acceptors (Lipinski definition) is 1. The molecule has 1 heterocycles. The van der Waals surface area contributed by atoms with Crippen LogP contribution in [0.4, 0.5) is 4.39 Å². The Morgan fingerprint density at radius 2 is 2.17 bits per heavy atom. The van der Waals surface area contributed by atoms with Crippen LogP contribution in [0.25, 0.3) is 0 Å². The van der Waals surface area contributed by atoms with Crippen LogP contribution >= 0.6 is 12.2 Å². The highest BCUT2D eigenvalue weighted by Gasteiger charge is 2.17. The Hall–Kier alpha value is -1.16. The zero-order chi connectivity index (χ0) is 13.0. The molecule has 1 N–H and O–H groups in total. The summed E-state index contributed by atoms with van der Waals surface area (Å²) in [6.45, 7) is 4.99. The van der Waals surface area contributed by atoms with Gasteiger partial charge in [0, 0.05) is 19.6 Å². The van der Waals surface area contributed by atoms with Crippen molar-refractivity contribution in [3.8, 4) is 0 Å². The normalized spacial score (nSPS) is 19.7. The molecule has 4 heteroatoms. The van der Waals surface area contributed by atoms with E-state index in [1.165, 1.54) is 25.0 Å². The van der Waals surface area contributed by atoms with Crippen molar-refractivity contribution in [3.63, 3.8) is 0 Å². The molecule has 0 aromatic heterocycles. The molecule has 18 heavy (non-hydrogen) atoms. The van der Waals surface area contributed by atoms with Crippen molar-refractivity contribution in [2.24, 2.45) is 5.92 Å². The molecule has 0 spiro atoms. The molecule has 0 saturated carbocycles. The Kier molecular flexibility index (Phi) is 4.53. The van der Waals surface area contributed by atoms with Gasteiger partial charge in [0.1, 0.15) is 5.82 Å². The van der Waals surface area contributed by atoms with E-state index in [-0.39, 0.29) is 5.82 Å². The third-order valence-electron chi connectivity index (χ3n) is 3.30. The van der Waals surface area contributed by atoms with Crippen LogP contribution in [0, 0.1) is 11.7 Å². The molecule has 1 aromatic rings. The number of piperidine rings is 1. The van der Waals surface area contributed by atoms with Crippen molar-refractivity contribution in [1.29, 1.82) is 0 Å². The van der Waals surface area contributed by atoms with Crippen molar-refractivity contribution in [2.75, 3.05) is 13.1 Å². The smallest absolute Gasteiger partial charge is 0.169 e. The van der Waals surface area contributed by atoms with Crippen molar-refractivity contribution >= 4 is 17.3 Å². The lowest BCUT2D eigenvalue weighted by atomic mass is 10.0. The molecule has 0 bridgehead atoms. The molecule has 0 aliphatic carbocycles. The monoisotopic (exact) mass is 266 g/mol. The van der Waals surface area contributed by atoms with E-state index < -0.39 is 0 Å². The average Bonchev–Trinajstić information content (AvgIpc) is 2.38. The highest BCUT2D eigenvalue weighted by Crippen LogP contribution is 2.15. The molecule has 1 unspecified atom stereocenters. The van der Waals surface area contributed by atoms with Gasteiger partial charge in [0.15, 0.2) is 5.11 Å². The first kappa shape index (κ1) is 13.3. The highest BCUT2D eigenvalue weighted by atomic mass is 32.1. The van der Waals surface area contributed by atoms with Gasteiger partial charge in [-0.25, -0.2) is 4.39 Å². The van der Waals surface area contributed by atoms with E-state index in [1.54, 1.807) is 12.1 Å². The lowest BCUT2D eigenvalue weighted by Gasteiger charge is -2.33. The number of halogens is 1. The molecule has 0 radical (unpaired) electrons. The van der Waals surface area contributed by atoms with Crippen LogP contribution in [0.1, 0.15) is 25.3 Å². The summed E-state index contributed by atoms with van der Waals surface area (Å²) in [5, 5.41) is 4.05. The van der Waals surface area contributed by atoms with Crippen LogP contribution in [0.2, 0.25) is 0 Å². The van der Waals surface area contributed by atoms with Gasteiger partial charge in [-0.15, -0.1) is 0 Å². The summed E-state index contributed by atoms with van der Waals surface area (Å²) in [4.78, 5) is 2.23. The predicted molar refractivity (Wildman–Crippen MR) is 75.8 cm³/mol. The summed E-state index contributed by atoms with van der Waals surface area (Å²) in [5.74, 6) is 0.510. The maximum atomic E-state index is 12.8. The fourth-order valence-electron chi connectivity index (χ4n) is 2.27. The number of benzene rings is 1. The van der Waals surface area contributed by atoms with Crippen LogP contribution in [-0.4, -0.2) is 23.1 Å². The molecular weight excluding hydrogens is 247 g/mol. The Labute approximate surface area is 113 Å². The zero-order valence-electron chi connectivity index (χ0n) is 10.7. The quantitative estimate of drug-likeness (QED) is 0.829. The second-order valence-corrected chi connectivity index (χ2v) is 5.37. The van der Waals surface area contributed by atoms with Gasteiger partial charge in [-0.2, -0.15) is 0 Å². The van der Waals surface area contributed by atoms with E-state index in [9.17, 15) is 4.39 Å². The van der Waals surface area contributed by atoms with Crippen LogP contribution in [-0.2, 0) is 6.54 Å². The first-order chi connectivity index (χ1) is 8.65. The summed E-state index contributed by atoms with van der Waals surface area (Å²) < 4.78 is 12.8. The second kappa shape index (κ2) is 6.14. The van der Waals surface area contributed by atoms with Crippen LogP contribution in [0.15, 0.2) is 24.3 Å². The van der Waals surface area contributed by atoms with Gasteiger partial charge >= 0.3 is 0 Å². The van der Waals surface area contributed by atoms with Crippen LogP contribution < -0.4 is 5.32 Å². The van der Waals surface area contributed by atoms with E-state index in [0.717, 1.165) is 23.8 Å². The van der Waals surface area contributed by atoms with Crippen molar-refractivity contribution in [2.45, 2.75) is 26.3 Å². The third-order valence-corrected chi connectivity index (χ3v) is 3.70. The third kappa shape index (κ3) is 3.67. The maximum Gasteiger partial charge on any atom is 0.169 e. The van der Waals surface area contributed by atoms with E-state index in [2.05, 4.69) is 17.1 Å². The molecule has 1 saturated heterocycles. The number of nitrogens with zero attached hydrogens (tertiary/aromatic N) is 1. The lowest BCUT2D eigenvalue weighted by molar-refractivity contribution is 0.270. The molecule has 1 fully saturated rings. The van der Waals surface area contributed by atoms with E-state index in [4.69, 9.17) is 12.2 Å². The zero-order valence-corrected chi connectivity index (χ0v) is 11.5. The summed E-state index contributed by atoms with van der Waals surface area (Å²) in [7, 11) is 0. The van der Waals surface area contributed by atoms with Crippen molar-refractivity contribution < 1.29 is 4.39 Å². The van der Waals surface area contributed by atoms with E-state index >= 15 is 0 Å². The first-order valence-corrected chi connectivity index (χ1v) is 6.83. The van der Waals surface area contributed by atoms with Crippen molar-refractivity contribution in [1.82, 2.24) is 10.2 Å². The molecule has 1 atom stereocenters. The summed E-state index contributed by atoms with van der Waals surface area (Å²) in [6, 6.07) is 6.51. The van der Waals surface area contributed by atoms with Gasteiger partial charge in [0.2, 0.25) is 0 Å². The standard InChI is InChI=1S/C14H19FN2S/c1-11-3-2-8-17(10-11)14(18)16-9-12-4-6-13(15)7-5-12/h4-7,11H,2-3,8-10H2,1H3,(H,16,18). The minimum atomic E-state index is -0.203. The number of rotatable bonds is 2. The van der Waals surface area contributed by atoms with E-state index in [0.29, 0.717) is 12.5 Å². The Morgan fingerprint density at radius 3 is 2.83 bits per heavy atom. The molecule has 2 rings (SSSR count). The fourth-order valence-corrected chi connectivity index (χ4v) is 2.50.